The number of imidazole rings is 1. The van der Waals surface area contributed by atoms with Gasteiger partial charge >= 0.3 is 0 Å². The number of carbonyl (C=O) groups excluding carboxylic acids is 1. The van der Waals surface area contributed by atoms with Crippen molar-refractivity contribution in [2.45, 2.75) is 26.4 Å². The zero-order chi connectivity index (χ0) is 15.5. The minimum absolute atomic E-state index is 0.0107. The van der Waals surface area contributed by atoms with Gasteiger partial charge in [-0.1, -0.05) is 36.4 Å². The molecule has 0 spiro atoms. The van der Waals surface area contributed by atoms with E-state index in [1.165, 1.54) is 5.56 Å². The number of carbonyl (C=O) groups is 1. The number of rotatable bonds is 4. The van der Waals surface area contributed by atoms with Crippen LogP contribution in [-0.2, 0) is 11.3 Å². The largest absolute Gasteiger partial charge is 0.348 e. The van der Waals surface area contributed by atoms with E-state index in [-0.39, 0.29) is 18.5 Å². The van der Waals surface area contributed by atoms with E-state index in [4.69, 9.17) is 0 Å². The lowest BCUT2D eigenvalue weighted by atomic mass is 10.0. The van der Waals surface area contributed by atoms with E-state index < -0.39 is 0 Å². The van der Waals surface area contributed by atoms with Crippen LogP contribution in [0.25, 0.3) is 11.0 Å². The van der Waals surface area contributed by atoms with Crippen molar-refractivity contribution in [3.05, 3.63) is 66.0 Å². The van der Waals surface area contributed by atoms with Crippen LogP contribution in [0.2, 0.25) is 0 Å². The van der Waals surface area contributed by atoms with Gasteiger partial charge in [0.2, 0.25) is 5.91 Å². The average molecular weight is 293 g/mol. The Morgan fingerprint density at radius 2 is 1.91 bits per heavy atom. The Labute approximate surface area is 129 Å². The van der Waals surface area contributed by atoms with Crippen molar-refractivity contribution in [3.8, 4) is 0 Å². The van der Waals surface area contributed by atoms with Crippen molar-refractivity contribution in [1.82, 2.24) is 14.9 Å². The molecule has 112 valence electrons. The van der Waals surface area contributed by atoms with Crippen LogP contribution in [-0.4, -0.2) is 15.5 Å². The molecule has 1 amide bonds. The maximum atomic E-state index is 12.3. The first kappa shape index (κ1) is 14.3. The van der Waals surface area contributed by atoms with Crippen molar-refractivity contribution in [1.29, 1.82) is 0 Å². The van der Waals surface area contributed by atoms with Crippen LogP contribution in [0.5, 0.6) is 0 Å². The molecule has 3 aromatic rings. The van der Waals surface area contributed by atoms with E-state index in [1.54, 1.807) is 6.33 Å². The first-order chi connectivity index (χ1) is 10.6. The Balaban J connectivity index is 1.71. The van der Waals surface area contributed by atoms with Gasteiger partial charge in [0.15, 0.2) is 0 Å². The van der Waals surface area contributed by atoms with Crippen LogP contribution < -0.4 is 5.32 Å². The van der Waals surface area contributed by atoms with Crippen molar-refractivity contribution in [3.63, 3.8) is 0 Å². The fourth-order valence-corrected chi connectivity index (χ4v) is 2.73. The van der Waals surface area contributed by atoms with E-state index in [2.05, 4.69) is 23.3 Å². The lowest BCUT2D eigenvalue weighted by molar-refractivity contribution is -0.122. The van der Waals surface area contributed by atoms with Crippen LogP contribution in [0.1, 0.15) is 24.1 Å². The molecule has 0 aliphatic rings. The number of benzene rings is 2. The number of hydrogen-bond acceptors (Lipinski definition) is 2. The molecule has 0 bridgehead atoms. The molecule has 22 heavy (non-hydrogen) atoms. The monoisotopic (exact) mass is 293 g/mol. The van der Waals surface area contributed by atoms with Gasteiger partial charge < -0.3 is 9.88 Å². The highest BCUT2D eigenvalue weighted by molar-refractivity contribution is 5.80. The van der Waals surface area contributed by atoms with Crippen molar-refractivity contribution in [2.24, 2.45) is 0 Å². The minimum Gasteiger partial charge on any atom is -0.348 e. The van der Waals surface area contributed by atoms with Gasteiger partial charge in [0.05, 0.1) is 23.4 Å². The Kier molecular flexibility index (Phi) is 3.92. The second kappa shape index (κ2) is 6.02. The molecule has 0 fully saturated rings. The Bertz CT molecular complexity index is 807. The predicted molar refractivity (Wildman–Crippen MR) is 87.5 cm³/mol. The summed E-state index contributed by atoms with van der Waals surface area (Å²) in [7, 11) is 0. The number of fused-ring (bicyclic) bond motifs is 1. The third kappa shape index (κ3) is 2.86. The maximum Gasteiger partial charge on any atom is 0.240 e. The van der Waals surface area contributed by atoms with E-state index in [0.717, 1.165) is 16.6 Å². The highest BCUT2D eigenvalue weighted by Crippen LogP contribution is 2.17. The first-order valence-electron chi connectivity index (χ1n) is 7.40. The van der Waals surface area contributed by atoms with E-state index in [0.29, 0.717) is 0 Å². The highest BCUT2D eigenvalue weighted by Gasteiger charge is 2.12. The van der Waals surface area contributed by atoms with E-state index in [9.17, 15) is 4.79 Å². The van der Waals surface area contributed by atoms with Gasteiger partial charge in [0, 0.05) is 0 Å². The quantitative estimate of drug-likeness (QED) is 0.803. The zero-order valence-corrected chi connectivity index (χ0v) is 12.8. The molecule has 0 saturated heterocycles. The highest BCUT2D eigenvalue weighted by atomic mass is 16.2. The third-order valence-corrected chi connectivity index (χ3v) is 3.87. The maximum absolute atomic E-state index is 12.3. The molecule has 2 aromatic carbocycles. The average Bonchev–Trinajstić information content (AvgIpc) is 2.91. The summed E-state index contributed by atoms with van der Waals surface area (Å²) in [6.45, 7) is 4.34. The topological polar surface area (TPSA) is 46.9 Å². The standard InChI is InChI=1S/C18H19N3O/c1-13-7-3-4-8-15(13)14(2)20-18(22)11-21-12-19-16-9-5-6-10-17(16)21/h3-10,12,14H,11H2,1-2H3,(H,20,22)/t14-/m0/s1. The summed E-state index contributed by atoms with van der Waals surface area (Å²) in [5.41, 5.74) is 4.21. The molecule has 1 atom stereocenters. The van der Waals surface area contributed by atoms with Crippen molar-refractivity contribution in [2.75, 3.05) is 0 Å². The van der Waals surface area contributed by atoms with Gasteiger partial charge in [-0.3, -0.25) is 4.79 Å². The van der Waals surface area contributed by atoms with Gasteiger partial charge in [-0.05, 0) is 37.1 Å². The van der Waals surface area contributed by atoms with Gasteiger partial charge in [-0.2, -0.15) is 0 Å². The molecule has 0 unspecified atom stereocenters. The lowest BCUT2D eigenvalue weighted by Crippen LogP contribution is -2.30. The van der Waals surface area contributed by atoms with Gasteiger partial charge in [0.25, 0.3) is 0 Å². The number of para-hydroxylation sites is 2. The van der Waals surface area contributed by atoms with Crippen molar-refractivity contribution < 1.29 is 4.79 Å². The molecule has 0 aliphatic carbocycles. The van der Waals surface area contributed by atoms with Crippen LogP contribution >= 0.6 is 0 Å². The molecule has 0 aliphatic heterocycles. The van der Waals surface area contributed by atoms with Gasteiger partial charge in [-0.15, -0.1) is 0 Å². The summed E-state index contributed by atoms with van der Waals surface area (Å²) in [4.78, 5) is 16.6. The molecule has 1 aromatic heterocycles. The summed E-state index contributed by atoms with van der Waals surface area (Å²) >= 11 is 0. The number of hydrogen-bond donors (Lipinski definition) is 1. The van der Waals surface area contributed by atoms with Gasteiger partial charge in [0.1, 0.15) is 6.54 Å². The minimum atomic E-state index is -0.0149. The van der Waals surface area contributed by atoms with Crippen molar-refractivity contribution >= 4 is 16.9 Å². The predicted octanol–water partition coefficient (Wildman–Crippen LogP) is 3.22. The number of aromatic nitrogens is 2. The molecular weight excluding hydrogens is 274 g/mol. The summed E-state index contributed by atoms with van der Waals surface area (Å²) in [6.07, 6.45) is 1.71. The van der Waals surface area contributed by atoms with Gasteiger partial charge in [-0.25, -0.2) is 4.98 Å². The third-order valence-electron chi connectivity index (χ3n) is 3.87. The van der Waals surface area contributed by atoms with Crippen LogP contribution in [0.4, 0.5) is 0 Å². The van der Waals surface area contributed by atoms with Crippen LogP contribution in [0.15, 0.2) is 54.9 Å². The summed E-state index contributed by atoms with van der Waals surface area (Å²) in [5, 5.41) is 3.05. The van der Waals surface area contributed by atoms with Crippen LogP contribution in [0.3, 0.4) is 0 Å². The second-order valence-electron chi connectivity index (χ2n) is 5.51. The van der Waals surface area contributed by atoms with E-state index in [1.807, 2.05) is 54.0 Å². The Morgan fingerprint density at radius 3 is 2.73 bits per heavy atom. The molecule has 4 nitrogen and oxygen atoms in total. The molecule has 4 heteroatoms. The van der Waals surface area contributed by atoms with Crippen LogP contribution in [0, 0.1) is 6.92 Å². The fourth-order valence-electron chi connectivity index (χ4n) is 2.73. The molecule has 3 rings (SSSR count). The number of aryl methyl sites for hydroxylation is 1. The summed E-state index contributed by atoms with van der Waals surface area (Å²) in [5.74, 6) is -0.0149. The summed E-state index contributed by atoms with van der Waals surface area (Å²) in [6, 6.07) is 15.9. The number of amides is 1. The molecule has 0 saturated carbocycles. The fraction of sp³-hybridized carbons (Fsp3) is 0.222. The Morgan fingerprint density at radius 1 is 1.18 bits per heavy atom. The summed E-state index contributed by atoms with van der Waals surface area (Å²) < 4.78 is 1.87. The first-order valence-corrected chi connectivity index (χ1v) is 7.40. The number of nitrogens with one attached hydrogen (secondary N) is 1. The second-order valence-corrected chi connectivity index (χ2v) is 5.51. The molecule has 1 N–H and O–H groups in total. The molecule has 1 heterocycles. The smallest absolute Gasteiger partial charge is 0.240 e. The lowest BCUT2D eigenvalue weighted by Gasteiger charge is -2.16. The SMILES string of the molecule is Cc1ccccc1[C@H](C)NC(=O)Cn1cnc2ccccc21. The normalized spacial score (nSPS) is 12.3. The zero-order valence-electron chi connectivity index (χ0n) is 12.8. The Hall–Kier alpha value is -2.62. The molecule has 0 radical (unpaired) electrons. The van der Waals surface area contributed by atoms with E-state index >= 15 is 0 Å². The number of nitrogens with zero attached hydrogens (tertiary/aromatic N) is 2. The molecular formula is C18H19N3O.